The van der Waals surface area contributed by atoms with Gasteiger partial charge in [0.15, 0.2) is 0 Å². The van der Waals surface area contributed by atoms with Crippen LogP contribution >= 0.6 is 23.2 Å². The van der Waals surface area contributed by atoms with Crippen LogP contribution in [0.15, 0.2) is 36.5 Å². The van der Waals surface area contributed by atoms with Gasteiger partial charge in [-0.2, -0.15) is 13.2 Å². The molecule has 0 aliphatic carbocycles. The van der Waals surface area contributed by atoms with E-state index in [0.717, 1.165) is 18.3 Å². The Morgan fingerprint density at radius 2 is 2.00 bits per heavy atom. The molecule has 0 radical (unpaired) electrons. The van der Waals surface area contributed by atoms with Gasteiger partial charge in [0.1, 0.15) is 6.10 Å². The predicted molar refractivity (Wildman–Crippen MR) is 95.3 cm³/mol. The van der Waals surface area contributed by atoms with Crippen LogP contribution in [0.1, 0.15) is 12.0 Å². The Balaban J connectivity index is 1.58. The van der Waals surface area contributed by atoms with Crippen LogP contribution in [0.2, 0.25) is 10.0 Å². The zero-order chi connectivity index (χ0) is 19.6. The van der Waals surface area contributed by atoms with Gasteiger partial charge in [-0.3, -0.25) is 0 Å². The van der Waals surface area contributed by atoms with Gasteiger partial charge in [-0.25, -0.2) is 9.78 Å². The molecule has 1 aromatic heterocycles. The van der Waals surface area contributed by atoms with E-state index in [-0.39, 0.29) is 18.5 Å². The van der Waals surface area contributed by atoms with Crippen molar-refractivity contribution >= 4 is 34.9 Å². The summed E-state index contributed by atoms with van der Waals surface area (Å²) in [5, 5.41) is 3.38. The maximum Gasteiger partial charge on any atom is 0.416 e. The topological polar surface area (TPSA) is 54.5 Å². The molecular weight excluding hydrogens is 406 g/mol. The van der Waals surface area contributed by atoms with Crippen LogP contribution < -0.4 is 10.1 Å². The number of amides is 2. The third-order valence-electron chi connectivity index (χ3n) is 3.95. The summed E-state index contributed by atoms with van der Waals surface area (Å²) >= 11 is 11.7. The van der Waals surface area contributed by atoms with Crippen molar-refractivity contribution in [3.05, 3.63) is 52.1 Å². The second-order valence-corrected chi connectivity index (χ2v) is 6.73. The molecule has 5 nitrogen and oxygen atoms in total. The van der Waals surface area contributed by atoms with Crippen LogP contribution in [-0.4, -0.2) is 35.1 Å². The molecule has 1 unspecified atom stereocenters. The molecule has 0 spiro atoms. The predicted octanol–water partition coefficient (Wildman–Crippen LogP) is 5.09. The summed E-state index contributed by atoms with van der Waals surface area (Å²) in [7, 11) is 0. The van der Waals surface area contributed by atoms with Gasteiger partial charge in [-0.1, -0.05) is 23.2 Å². The number of nitrogens with one attached hydrogen (secondary N) is 1. The summed E-state index contributed by atoms with van der Waals surface area (Å²) in [6.07, 6.45) is -3.39. The number of alkyl halides is 3. The molecule has 144 valence electrons. The molecule has 2 heterocycles. The lowest BCUT2D eigenvalue weighted by atomic mass is 10.2. The molecule has 1 aromatic carbocycles. The Morgan fingerprint density at radius 1 is 1.22 bits per heavy atom. The first-order chi connectivity index (χ1) is 12.7. The number of nitrogens with zero attached hydrogens (tertiary/aromatic N) is 2. The quantitative estimate of drug-likeness (QED) is 0.753. The minimum Gasteiger partial charge on any atom is -0.472 e. The Kier molecular flexibility index (Phi) is 5.67. The van der Waals surface area contributed by atoms with Gasteiger partial charge >= 0.3 is 12.2 Å². The summed E-state index contributed by atoms with van der Waals surface area (Å²) < 4.78 is 43.7. The highest BCUT2D eigenvalue weighted by molar-refractivity contribution is 6.42. The lowest BCUT2D eigenvalue weighted by molar-refractivity contribution is -0.137. The minimum absolute atomic E-state index is 0.124. The lowest BCUT2D eigenvalue weighted by Gasteiger charge is -2.18. The number of carbonyl (C=O) groups excluding carboxylic acids is 1. The van der Waals surface area contributed by atoms with E-state index in [1.165, 1.54) is 11.0 Å². The van der Waals surface area contributed by atoms with Gasteiger partial charge < -0.3 is 15.0 Å². The van der Waals surface area contributed by atoms with Crippen LogP contribution in [0.3, 0.4) is 0 Å². The second kappa shape index (κ2) is 7.82. The molecule has 0 bridgehead atoms. The van der Waals surface area contributed by atoms with Crippen molar-refractivity contribution in [3.63, 3.8) is 0 Å². The monoisotopic (exact) mass is 419 g/mol. The summed E-state index contributed by atoms with van der Waals surface area (Å²) in [5.41, 5.74) is -0.349. The van der Waals surface area contributed by atoms with Gasteiger partial charge in [-0.05, 0) is 24.3 Å². The molecule has 0 saturated carbocycles. The number of halogens is 5. The molecule has 1 aliphatic heterocycles. The van der Waals surface area contributed by atoms with E-state index in [1.54, 1.807) is 12.1 Å². The molecule has 10 heteroatoms. The number of rotatable bonds is 3. The van der Waals surface area contributed by atoms with Crippen molar-refractivity contribution in [3.8, 4) is 5.88 Å². The van der Waals surface area contributed by atoms with E-state index in [0.29, 0.717) is 28.7 Å². The Labute approximate surface area is 163 Å². The zero-order valence-electron chi connectivity index (χ0n) is 13.8. The number of carbonyl (C=O) groups is 1. The van der Waals surface area contributed by atoms with E-state index in [4.69, 9.17) is 27.9 Å². The first-order valence-electron chi connectivity index (χ1n) is 7.93. The van der Waals surface area contributed by atoms with E-state index in [1.807, 2.05) is 0 Å². The summed E-state index contributed by atoms with van der Waals surface area (Å²) in [6, 6.07) is 6.06. The number of hydrogen-bond donors (Lipinski definition) is 1. The van der Waals surface area contributed by atoms with Crippen molar-refractivity contribution in [2.75, 3.05) is 18.4 Å². The molecule has 2 amide bonds. The van der Waals surface area contributed by atoms with Crippen LogP contribution in [-0.2, 0) is 6.18 Å². The lowest BCUT2D eigenvalue weighted by Crippen LogP contribution is -2.34. The number of hydrogen-bond acceptors (Lipinski definition) is 3. The molecule has 1 saturated heterocycles. The molecule has 1 atom stereocenters. The maximum absolute atomic E-state index is 12.7. The first kappa shape index (κ1) is 19.6. The number of anilines is 1. The standard InChI is InChI=1S/C17H14Cl2F3N3O2/c18-13-2-1-11(8-14(13)19)24-16(26)25-6-4-12(9-25)27-15-7-10(3-5-23-15)17(20,21)22/h1-3,5,7-8,12H,4,6,9H2,(H,24,26). The number of aromatic nitrogens is 1. The van der Waals surface area contributed by atoms with Gasteiger partial charge in [0.25, 0.3) is 0 Å². The Morgan fingerprint density at radius 3 is 2.70 bits per heavy atom. The third kappa shape index (κ3) is 4.95. The molecule has 3 rings (SSSR count). The van der Waals surface area contributed by atoms with E-state index in [9.17, 15) is 18.0 Å². The fourth-order valence-corrected chi connectivity index (χ4v) is 2.90. The maximum atomic E-state index is 12.7. The van der Waals surface area contributed by atoms with Crippen LogP contribution in [0.25, 0.3) is 0 Å². The van der Waals surface area contributed by atoms with E-state index in [2.05, 4.69) is 10.3 Å². The van der Waals surface area contributed by atoms with Gasteiger partial charge in [-0.15, -0.1) is 0 Å². The average molecular weight is 420 g/mol. The number of ether oxygens (including phenoxy) is 1. The normalized spacial score (nSPS) is 17.1. The average Bonchev–Trinajstić information content (AvgIpc) is 3.06. The summed E-state index contributed by atoms with van der Waals surface area (Å²) in [4.78, 5) is 17.6. The SMILES string of the molecule is O=C(Nc1ccc(Cl)c(Cl)c1)N1CCC(Oc2cc(C(F)(F)F)ccn2)C1. The number of urea groups is 1. The van der Waals surface area contributed by atoms with Crippen LogP contribution in [0, 0.1) is 0 Å². The fourth-order valence-electron chi connectivity index (χ4n) is 2.61. The highest BCUT2D eigenvalue weighted by Gasteiger charge is 2.32. The van der Waals surface area contributed by atoms with Crippen molar-refractivity contribution in [1.82, 2.24) is 9.88 Å². The summed E-state index contributed by atoms with van der Waals surface area (Å²) in [6.45, 7) is 0.627. The molecule has 2 aromatic rings. The fraction of sp³-hybridized carbons (Fsp3) is 0.294. The van der Waals surface area contributed by atoms with Crippen molar-refractivity contribution in [2.45, 2.75) is 18.7 Å². The van der Waals surface area contributed by atoms with Crippen molar-refractivity contribution in [2.24, 2.45) is 0 Å². The number of benzene rings is 1. The first-order valence-corrected chi connectivity index (χ1v) is 8.69. The molecule has 1 aliphatic rings. The summed E-state index contributed by atoms with van der Waals surface area (Å²) in [5.74, 6) is -0.124. The third-order valence-corrected chi connectivity index (χ3v) is 4.69. The largest absolute Gasteiger partial charge is 0.472 e. The van der Waals surface area contributed by atoms with E-state index < -0.39 is 17.8 Å². The highest BCUT2D eigenvalue weighted by Crippen LogP contribution is 2.31. The molecular formula is C17H14Cl2F3N3O2. The van der Waals surface area contributed by atoms with Crippen LogP contribution in [0.5, 0.6) is 5.88 Å². The van der Waals surface area contributed by atoms with E-state index >= 15 is 0 Å². The van der Waals surface area contributed by atoms with Crippen LogP contribution in [0.4, 0.5) is 23.7 Å². The van der Waals surface area contributed by atoms with Gasteiger partial charge in [0.05, 0.1) is 22.2 Å². The molecule has 27 heavy (non-hydrogen) atoms. The number of likely N-dealkylation sites (tertiary alicyclic amines) is 1. The number of pyridine rings is 1. The molecule has 1 N–H and O–H groups in total. The second-order valence-electron chi connectivity index (χ2n) is 5.91. The minimum atomic E-state index is -4.47. The molecule has 1 fully saturated rings. The van der Waals surface area contributed by atoms with Gasteiger partial charge in [0.2, 0.25) is 5.88 Å². The Bertz CT molecular complexity index is 848. The van der Waals surface area contributed by atoms with Crippen molar-refractivity contribution < 1.29 is 22.7 Å². The van der Waals surface area contributed by atoms with Crippen molar-refractivity contribution in [1.29, 1.82) is 0 Å². The Hall–Kier alpha value is -2.19. The van der Waals surface area contributed by atoms with Gasteiger partial charge in [0, 0.05) is 30.9 Å². The highest BCUT2D eigenvalue weighted by atomic mass is 35.5. The zero-order valence-corrected chi connectivity index (χ0v) is 15.3. The smallest absolute Gasteiger partial charge is 0.416 e.